The van der Waals surface area contributed by atoms with Gasteiger partial charge < -0.3 is 19.9 Å². The lowest BCUT2D eigenvalue weighted by Crippen LogP contribution is -2.18. The number of rotatable bonds is 8. The SMILES string of the molecule is COc1cc(C(C)NCc2ccc(CO)cc2)ccc1OC(C)C. The summed E-state index contributed by atoms with van der Waals surface area (Å²) in [5.74, 6) is 1.52. The maximum Gasteiger partial charge on any atom is 0.161 e. The number of benzene rings is 2. The molecule has 0 aliphatic rings. The molecule has 2 aromatic carbocycles. The van der Waals surface area contributed by atoms with Crippen molar-refractivity contribution in [1.82, 2.24) is 5.32 Å². The van der Waals surface area contributed by atoms with Crippen LogP contribution in [0.1, 0.15) is 43.5 Å². The third kappa shape index (κ3) is 4.98. The fourth-order valence-electron chi connectivity index (χ4n) is 2.46. The third-order valence-corrected chi connectivity index (χ3v) is 3.87. The standard InChI is InChI=1S/C20H27NO3/c1-14(2)24-19-10-9-18(11-20(19)23-4)15(3)21-12-16-5-7-17(13-22)8-6-16/h5-11,14-15,21-22H,12-13H2,1-4H3. The summed E-state index contributed by atoms with van der Waals surface area (Å²) in [4.78, 5) is 0. The lowest BCUT2D eigenvalue weighted by molar-refractivity contribution is 0.230. The van der Waals surface area contributed by atoms with E-state index in [-0.39, 0.29) is 18.8 Å². The molecule has 0 bridgehead atoms. The molecule has 0 fully saturated rings. The van der Waals surface area contributed by atoms with Gasteiger partial charge in [0, 0.05) is 12.6 Å². The molecule has 0 saturated carbocycles. The molecule has 1 unspecified atom stereocenters. The molecule has 0 aliphatic heterocycles. The fraction of sp³-hybridized carbons (Fsp3) is 0.400. The van der Waals surface area contributed by atoms with Crippen molar-refractivity contribution in [3.63, 3.8) is 0 Å². The van der Waals surface area contributed by atoms with Crippen molar-refractivity contribution in [2.24, 2.45) is 0 Å². The molecule has 24 heavy (non-hydrogen) atoms. The predicted molar refractivity (Wildman–Crippen MR) is 96.4 cm³/mol. The highest BCUT2D eigenvalue weighted by Crippen LogP contribution is 2.31. The summed E-state index contributed by atoms with van der Waals surface area (Å²) < 4.78 is 11.2. The zero-order valence-electron chi connectivity index (χ0n) is 14.9. The van der Waals surface area contributed by atoms with Crippen LogP contribution in [-0.4, -0.2) is 18.3 Å². The van der Waals surface area contributed by atoms with E-state index in [4.69, 9.17) is 14.6 Å². The highest BCUT2D eigenvalue weighted by Gasteiger charge is 2.11. The second kappa shape index (κ2) is 8.71. The van der Waals surface area contributed by atoms with Crippen LogP contribution < -0.4 is 14.8 Å². The van der Waals surface area contributed by atoms with E-state index in [0.717, 1.165) is 29.2 Å². The van der Waals surface area contributed by atoms with Crippen molar-refractivity contribution in [3.05, 3.63) is 59.2 Å². The largest absolute Gasteiger partial charge is 0.493 e. The van der Waals surface area contributed by atoms with Gasteiger partial charge in [0.1, 0.15) is 0 Å². The summed E-state index contributed by atoms with van der Waals surface area (Å²) in [6, 6.07) is 14.2. The van der Waals surface area contributed by atoms with Crippen LogP contribution >= 0.6 is 0 Å². The van der Waals surface area contributed by atoms with Crippen molar-refractivity contribution < 1.29 is 14.6 Å². The zero-order valence-corrected chi connectivity index (χ0v) is 14.9. The van der Waals surface area contributed by atoms with Gasteiger partial charge in [0.25, 0.3) is 0 Å². The Morgan fingerprint density at radius 2 is 1.62 bits per heavy atom. The van der Waals surface area contributed by atoms with E-state index in [2.05, 4.69) is 18.3 Å². The molecular weight excluding hydrogens is 302 g/mol. The van der Waals surface area contributed by atoms with Gasteiger partial charge in [-0.15, -0.1) is 0 Å². The van der Waals surface area contributed by atoms with Crippen LogP contribution in [-0.2, 0) is 13.2 Å². The van der Waals surface area contributed by atoms with Gasteiger partial charge in [-0.2, -0.15) is 0 Å². The predicted octanol–water partition coefficient (Wildman–Crippen LogP) is 3.83. The Labute approximate surface area is 144 Å². The molecule has 2 N–H and O–H groups in total. The summed E-state index contributed by atoms with van der Waals surface area (Å²) >= 11 is 0. The van der Waals surface area contributed by atoms with Crippen LogP contribution in [0.2, 0.25) is 0 Å². The Morgan fingerprint density at radius 3 is 2.21 bits per heavy atom. The first-order chi connectivity index (χ1) is 11.5. The highest BCUT2D eigenvalue weighted by atomic mass is 16.5. The first kappa shape index (κ1) is 18.3. The van der Waals surface area contributed by atoms with E-state index in [0.29, 0.717) is 0 Å². The van der Waals surface area contributed by atoms with Gasteiger partial charge in [-0.05, 0) is 49.6 Å². The van der Waals surface area contributed by atoms with Gasteiger partial charge in [-0.25, -0.2) is 0 Å². The van der Waals surface area contributed by atoms with Crippen LogP contribution in [0, 0.1) is 0 Å². The van der Waals surface area contributed by atoms with Gasteiger partial charge in [-0.3, -0.25) is 0 Å². The quantitative estimate of drug-likeness (QED) is 0.773. The smallest absolute Gasteiger partial charge is 0.161 e. The Kier molecular flexibility index (Phi) is 6.64. The minimum absolute atomic E-state index is 0.0781. The van der Waals surface area contributed by atoms with Gasteiger partial charge in [0.05, 0.1) is 19.8 Å². The highest BCUT2D eigenvalue weighted by molar-refractivity contribution is 5.44. The summed E-state index contributed by atoms with van der Waals surface area (Å²) in [7, 11) is 1.66. The van der Waals surface area contributed by atoms with E-state index < -0.39 is 0 Å². The third-order valence-electron chi connectivity index (χ3n) is 3.87. The summed E-state index contributed by atoms with van der Waals surface area (Å²) in [5, 5.41) is 12.6. The molecule has 1 atom stereocenters. The maximum absolute atomic E-state index is 9.08. The molecule has 2 rings (SSSR count). The Bertz CT molecular complexity index is 638. The first-order valence-corrected chi connectivity index (χ1v) is 8.30. The average molecular weight is 329 g/mol. The Hall–Kier alpha value is -2.04. The Balaban J connectivity index is 2.01. The van der Waals surface area contributed by atoms with Gasteiger partial charge in [-0.1, -0.05) is 30.3 Å². The molecule has 0 radical (unpaired) electrons. The number of methoxy groups -OCH3 is 1. The minimum Gasteiger partial charge on any atom is -0.493 e. The van der Waals surface area contributed by atoms with Crippen LogP contribution in [0.5, 0.6) is 11.5 Å². The van der Waals surface area contributed by atoms with E-state index >= 15 is 0 Å². The van der Waals surface area contributed by atoms with Crippen LogP contribution in [0.15, 0.2) is 42.5 Å². The molecule has 4 heteroatoms. The molecule has 0 heterocycles. The van der Waals surface area contributed by atoms with Crippen molar-refractivity contribution in [2.45, 2.75) is 46.1 Å². The number of nitrogens with one attached hydrogen (secondary N) is 1. The monoisotopic (exact) mass is 329 g/mol. The molecule has 0 saturated heterocycles. The summed E-state index contributed by atoms with van der Waals surface area (Å²) in [6.45, 7) is 6.97. The second-order valence-electron chi connectivity index (χ2n) is 6.15. The topological polar surface area (TPSA) is 50.7 Å². The van der Waals surface area contributed by atoms with E-state index in [1.807, 2.05) is 50.2 Å². The minimum atomic E-state index is 0.0781. The molecule has 0 aliphatic carbocycles. The maximum atomic E-state index is 9.08. The molecule has 4 nitrogen and oxygen atoms in total. The van der Waals surface area contributed by atoms with Crippen molar-refractivity contribution in [3.8, 4) is 11.5 Å². The van der Waals surface area contributed by atoms with Gasteiger partial charge in [0.15, 0.2) is 11.5 Å². The van der Waals surface area contributed by atoms with Crippen molar-refractivity contribution in [1.29, 1.82) is 0 Å². The van der Waals surface area contributed by atoms with Crippen LogP contribution in [0.25, 0.3) is 0 Å². The van der Waals surface area contributed by atoms with Crippen LogP contribution in [0.3, 0.4) is 0 Å². The Morgan fingerprint density at radius 1 is 0.958 bits per heavy atom. The van der Waals surface area contributed by atoms with Gasteiger partial charge in [0.2, 0.25) is 0 Å². The molecule has 0 amide bonds. The number of aliphatic hydroxyl groups is 1. The molecule has 2 aromatic rings. The zero-order chi connectivity index (χ0) is 17.5. The van der Waals surface area contributed by atoms with Crippen molar-refractivity contribution >= 4 is 0 Å². The average Bonchev–Trinajstić information content (AvgIpc) is 2.60. The molecule has 0 aromatic heterocycles. The summed E-state index contributed by atoms with van der Waals surface area (Å²) in [6.07, 6.45) is 0.113. The number of aliphatic hydroxyl groups excluding tert-OH is 1. The second-order valence-corrected chi connectivity index (χ2v) is 6.15. The van der Waals surface area contributed by atoms with E-state index in [1.165, 1.54) is 5.56 Å². The molecule has 130 valence electrons. The van der Waals surface area contributed by atoms with Crippen molar-refractivity contribution in [2.75, 3.05) is 7.11 Å². The van der Waals surface area contributed by atoms with Gasteiger partial charge >= 0.3 is 0 Å². The first-order valence-electron chi connectivity index (χ1n) is 8.30. The number of hydrogen-bond donors (Lipinski definition) is 2. The normalized spacial score (nSPS) is 12.2. The van der Waals surface area contributed by atoms with E-state index in [1.54, 1.807) is 7.11 Å². The lowest BCUT2D eigenvalue weighted by atomic mass is 10.1. The molecule has 0 spiro atoms. The number of hydrogen-bond acceptors (Lipinski definition) is 4. The fourth-order valence-corrected chi connectivity index (χ4v) is 2.46. The summed E-state index contributed by atoms with van der Waals surface area (Å²) in [5.41, 5.74) is 3.26. The van der Waals surface area contributed by atoms with E-state index in [9.17, 15) is 0 Å². The number of ether oxygens (including phenoxy) is 2. The molecular formula is C20H27NO3. The lowest BCUT2D eigenvalue weighted by Gasteiger charge is -2.18. The van der Waals surface area contributed by atoms with Crippen LogP contribution in [0.4, 0.5) is 0 Å².